The van der Waals surface area contributed by atoms with Crippen molar-refractivity contribution in [2.75, 3.05) is 5.32 Å². The van der Waals surface area contributed by atoms with Crippen LogP contribution in [0, 0.1) is 5.92 Å². The van der Waals surface area contributed by atoms with Crippen LogP contribution in [0.15, 0.2) is 18.2 Å². The maximum atomic E-state index is 12.4. The van der Waals surface area contributed by atoms with E-state index in [9.17, 15) is 9.90 Å². The molecule has 2 fully saturated rings. The molecule has 1 aromatic heterocycles. The maximum Gasteiger partial charge on any atom is 0.256 e. The predicted octanol–water partition coefficient (Wildman–Crippen LogP) is 3.66. The predicted molar refractivity (Wildman–Crippen MR) is 88.2 cm³/mol. The Bertz CT molecular complexity index is 729. The number of amides is 1. The first-order valence-corrected chi connectivity index (χ1v) is 8.80. The van der Waals surface area contributed by atoms with E-state index >= 15 is 0 Å². The third kappa shape index (κ3) is 2.42. The van der Waals surface area contributed by atoms with Crippen molar-refractivity contribution in [2.24, 2.45) is 5.92 Å². The fourth-order valence-corrected chi connectivity index (χ4v) is 4.11. The number of aliphatic hydroxyl groups is 1. The zero-order valence-electron chi connectivity index (χ0n) is 12.6. The first-order valence-electron chi connectivity index (χ1n) is 7.98. The highest BCUT2D eigenvalue weighted by molar-refractivity contribution is 7.18. The van der Waals surface area contributed by atoms with Gasteiger partial charge in [0, 0.05) is 11.6 Å². The van der Waals surface area contributed by atoms with Crippen molar-refractivity contribution in [3.63, 3.8) is 0 Å². The van der Waals surface area contributed by atoms with Crippen molar-refractivity contribution < 1.29 is 9.90 Å². The molecule has 4 rings (SSSR count). The molecule has 1 amide bonds. The van der Waals surface area contributed by atoms with Gasteiger partial charge in [-0.25, -0.2) is 4.98 Å². The summed E-state index contributed by atoms with van der Waals surface area (Å²) in [5, 5.41) is 14.5. The van der Waals surface area contributed by atoms with E-state index in [1.54, 1.807) is 18.3 Å². The minimum atomic E-state index is -1.28. The number of nitrogens with zero attached hydrogens (tertiary/aromatic N) is 1. The zero-order valence-corrected chi connectivity index (χ0v) is 13.4. The van der Waals surface area contributed by atoms with Gasteiger partial charge < -0.3 is 10.4 Å². The number of anilines is 1. The van der Waals surface area contributed by atoms with Crippen molar-refractivity contribution in [1.29, 1.82) is 0 Å². The normalized spacial score (nSPS) is 21.4. The van der Waals surface area contributed by atoms with Crippen LogP contribution in [-0.4, -0.2) is 21.6 Å². The van der Waals surface area contributed by atoms with Gasteiger partial charge in [0.25, 0.3) is 5.91 Å². The SMILES string of the molecule is CC(O)(C(=O)Nc1ccc2nc(C3CC3)sc2c1)C1CCC1. The highest BCUT2D eigenvalue weighted by atomic mass is 32.1. The quantitative estimate of drug-likeness (QED) is 0.905. The topological polar surface area (TPSA) is 62.2 Å². The molecular weight excluding hydrogens is 296 g/mol. The summed E-state index contributed by atoms with van der Waals surface area (Å²) in [7, 11) is 0. The van der Waals surface area contributed by atoms with E-state index in [0.29, 0.717) is 5.92 Å². The molecule has 1 heterocycles. The Morgan fingerprint density at radius 1 is 1.36 bits per heavy atom. The number of hydrogen-bond donors (Lipinski definition) is 2. The van der Waals surface area contributed by atoms with Gasteiger partial charge in [0.1, 0.15) is 5.60 Å². The summed E-state index contributed by atoms with van der Waals surface area (Å²) in [6.07, 6.45) is 5.45. The van der Waals surface area contributed by atoms with Crippen LogP contribution in [0.5, 0.6) is 0 Å². The Balaban J connectivity index is 1.54. The van der Waals surface area contributed by atoms with Crippen LogP contribution in [0.3, 0.4) is 0 Å². The Morgan fingerprint density at radius 3 is 2.77 bits per heavy atom. The van der Waals surface area contributed by atoms with Crippen molar-refractivity contribution >= 4 is 33.1 Å². The van der Waals surface area contributed by atoms with Crippen LogP contribution in [0.1, 0.15) is 50.0 Å². The third-order valence-corrected chi connectivity index (χ3v) is 6.13. The summed E-state index contributed by atoms with van der Waals surface area (Å²) >= 11 is 1.71. The average molecular weight is 316 g/mol. The van der Waals surface area contributed by atoms with Crippen LogP contribution in [0.2, 0.25) is 0 Å². The summed E-state index contributed by atoms with van der Waals surface area (Å²) < 4.78 is 1.10. The number of carbonyl (C=O) groups is 1. The standard InChI is InChI=1S/C17H20N2O2S/c1-17(21,11-3-2-4-11)16(20)18-12-7-8-13-14(9-12)22-15(19-13)10-5-6-10/h7-11,21H,2-6H2,1H3,(H,18,20). The van der Waals surface area contributed by atoms with Crippen LogP contribution >= 0.6 is 11.3 Å². The second-order valence-electron chi connectivity index (χ2n) is 6.74. The van der Waals surface area contributed by atoms with Crippen molar-refractivity contribution in [3.05, 3.63) is 23.2 Å². The number of nitrogens with one attached hydrogen (secondary N) is 1. The van der Waals surface area contributed by atoms with Gasteiger partial charge >= 0.3 is 0 Å². The van der Waals surface area contributed by atoms with Gasteiger partial charge in [-0.1, -0.05) is 6.42 Å². The second kappa shape index (κ2) is 5.03. The number of hydrogen-bond acceptors (Lipinski definition) is 4. The molecule has 0 saturated heterocycles. The molecule has 1 aromatic carbocycles. The fourth-order valence-electron chi connectivity index (χ4n) is 2.94. The smallest absolute Gasteiger partial charge is 0.256 e. The van der Waals surface area contributed by atoms with Gasteiger partial charge in [-0.2, -0.15) is 0 Å². The minimum absolute atomic E-state index is 0.0844. The van der Waals surface area contributed by atoms with Crippen molar-refractivity contribution in [2.45, 2.75) is 50.5 Å². The van der Waals surface area contributed by atoms with E-state index in [4.69, 9.17) is 0 Å². The van der Waals surface area contributed by atoms with Crippen LogP contribution < -0.4 is 5.32 Å². The lowest BCUT2D eigenvalue weighted by atomic mass is 9.73. The largest absolute Gasteiger partial charge is 0.380 e. The molecule has 22 heavy (non-hydrogen) atoms. The number of carbonyl (C=O) groups excluding carboxylic acids is 1. The van der Waals surface area contributed by atoms with Crippen molar-refractivity contribution in [3.8, 4) is 0 Å². The second-order valence-corrected chi connectivity index (χ2v) is 7.80. The Labute approximate surface area is 133 Å². The van der Waals surface area contributed by atoms with Crippen molar-refractivity contribution in [1.82, 2.24) is 4.98 Å². The molecule has 0 aliphatic heterocycles. The number of benzene rings is 1. The molecule has 0 radical (unpaired) electrons. The molecule has 2 aromatic rings. The fraction of sp³-hybridized carbons (Fsp3) is 0.529. The molecular formula is C17H20N2O2S. The summed E-state index contributed by atoms with van der Waals surface area (Å²) in [5.41, 5.74) is 0.457. The average Bonchev–Trinajstić information content (AvgIpc) is 3.16. The summed E-state index contributed by atoms with van der Waals surface area (Å²) in [6.45, 7) is 1.63. The van der Waals surface area contributed by atoms with E-state index < -0.39 is 5.60 Å². The minimum Gasteiger partial charge on any atom is -0.380 e. The van der Waals surface area contributed by atoms with Gasteiger partial charge in [-0.3, -0.25) is 4.79 Å². The Kier molecular flexibility index (Phi) is 3.24. The molecule has 0 bridgehead atoms. The summed E-state index contributed by atoms with van der Waals surface area (Å²) in [5.74, 6) is 0.430. The third-order valence-electron chi connectivity index (χ3n) is 4.95. The molecule has 1 unspecified atom stereocenters. The van der Waals surface area contributed by atoms with Crippen LogP contribution in [-0.2, 0) is 4.79 Å². The van der Waals surface area contributed by atoms with E-state index in [0.717, 1.165) is 35.2 Å². The molecule has 116 valence electrons. The number of fused-ring (bicyclic) bond motifs is 1. The maximum absolute atomic E-state index is 12.4. The molecule has 0 spiro atoms. The zero-order chi connectivity index (χ0) is 15.3. The van der Waals surface area contributed by atoms with Gasteiger partial charge in [0.05, 0.1) is 15.2 Å². The summed E-state index contributed by atoms with van der Waals surface area (Å²) in [4.78, 5) is 17.0. The lowest BCUT2D eigenvalue weighted by Gasteiger charge is -2.37. The van der Waals surface area contributed by atoms with E-state index in [1.165, 1.54) is 17.8 Å². The summed E-state index contributed by atoms with van der Waals surface area (Å²) in [6, 6.07) is 5.78. The highest BCUT2D eigenvalue weighted by Gasteiger charge is 2.42. The highest BCUT2D eigenvalue weighted by Crippen LogP contribution is 2.43. The van der Waals surface area contributed by atoms with Gasteiger partial charge in [0.15, 0.2) is 0 Å². The number of thiazole rings is 1. The van der Waals surface area contributed by atoms with E-state index in [2.05, 4.69) is 10.3 Å². The molecule has 2 aliphatic rings. The lowest BCUT2D eigenvalue weighted by molar-refractivity contribution is -0.141. The first kappa shape index (κ1) is 14.2. The molecule has 2 saturated carbocycles. The molecule has 1 atom stereocenters. The molecule has 2 N–H and O–H groups in total. The van der Waals surface area contributed by atoms with E-state index in [1.807, 2.05) is 18.2 Å². The van der Waals surface area contributed by atoms with Gasteiger partial charge in [0.2, 0.25) is 0 Å². The monoisotopic (exact) mass is 316 g/mol. The lowest BCUT2D eigenvalue weighted by Crippen LogP contribution is -2.49. The number of aromatic nitrogens is 1. The molecule has 5 heteroatoms. The Morgan fingerprint density at radius 2 is 2.14 bits per heavy atom. The van der Waals surface area contributed by atoms with Gasteiger partial charge in [-0.15, -0.1) is 11.3 Å². The van der Waals surface area contributed by atoms with Crippen LogP contribution in [0.25, 0.3) is 10.2 Å². The molecule has 2 aliphatic carbocycles. The van der Waals surface area contributed by atoms with Crippen LogP contribution in [0.4, 0.5) is 5.69 Å². The molecule has 4 nitrogen and oxygen atoms in total. The van der Waals surface area contributed by atoms with Gasteiger partial charge in [-0.05, 0) is 56.7 Å². The number of rotatable bonds is 4. The Hall–Kier alpha value is -1.46. The first-order chi connectivity index (χ1) is 10.5. The van der Waals surface area contributed by atoms with E-state index in [-0.39, 0.29) is 11.8 Å².